The minimum Gasteiger partial charge on any atom is -0.316 e. The van der Waals surface area contributed by atoms with Crippen LogP contribution >= 0.6 is 11.8 Å². The first-order chi connectivity index (χ1) is 5.62. The van der Waals surface area contributed by atoms with Gasteiger partial charge in [-0.2, -0.15) is 11.8 Å². The standard InChI is InChI=1S/C10H23NS/c1-5-10(2,3)9-11-7-6-8-12-4/h11H,5-9H2,1-4H3. The molecule has 0 heterocycles. The highest BCUT2D eigenvalue weighted by Gasteiger charge is 2.13. The molecule has 0 rings (SSSR count). The van der Waals surface area contributed by atoms with E-state index in [1.807, 2.05) is 11.8 Å². The molecule has 0 aliphatic rings. The van der Waals surface area contributed by atoms with Crippen molar-refractivity contribution < 1.29 is 0 Å². The zero-order valence-electron chi connectivity index (χ0n) is 8.94. The van der Waals surface area contributed by atoms with Gasteiger partial charge >= 0.3 is 0 Å². The van der Waals surface area contributed by atoms with Crippen LogP contribution in [0.25, 0.3) is 0 Å². The molecule has 0 saturated carbocycles. The summed E-state index contributed by atoms with van der Waals surface area (Å²) in [6.45, 7) is 9.20. The topological polar surface area (TPSA) is 12.0 Å². The fourth-order valence-corrected chi connectivity index (χ4v) is 1.33. The largest absolute Gasteiger partial charge is 0.316 e. The molecule has 0 unspecified atom stereocenters. The Bertz CT molecular complexity index is 102. The summed E-state index contributed by atoms with van der Waals surface area (Å²) >= 11 is 1.93. The van der Waals surface area contributed by atoms with Gasteiger partial charge in [-0.3, -0.25) is 0 Å². The van der Waals surface area contributed by atoms with E-state index < -0.39 is 0 Å². The van der Waals surface area contributed by atoms with Gasteiger partial charge in [-0.05, 0) is 36.8 Å². The molecule has 0 aromatic heterocycles. The lowest BCUT2D eigenvalue weighted by Gasteiger charge is -2.22. The first-order valence-electron chi connectivity index (χ1n) is 4.82. The summed E-state index contributed by atoms with van der Waals surface area (Å²) in [7, 11) is 0. The number of rotatable bonds is 7. The molecule has 74 valence electrons. The average Bonchev–Trinajstić information content (AvgIpc) is 2.04. The molecule has 0 bridgehead atoms. The molecule has 0 atom stereocenters. The van der Waals surface area contributed by atoms with Crippen molar-refractivity contribution in [2.45, 2.75) is 33.6 Å². The molecule has 1 nitrogen and oxygen atoms in total. The molecule has 0 aliphatic carbocycles. The third kappa shape index (κ3) is 6.99. The van der Waals surface area contributed by atoms with Gasteiger partial charge in [-0.25, -0.2) is 0 Å². The van der Waals surface area contributed by atoms with Crippen molar-refractivity contribution >= 4 is 11.8 Å². The van der Waals surface area contributed by atoms with Crippen LogP contribution in [0.1, 0.15) is 33.6 Å². The lowest BCUT2D eigenvalue weighted by Crippen LogP contribution is -2.29. The number of hydrogen-bond acceptors (Lipinski definition) is 2. The first kappa shape index (κ1) is 12.3. The number of nitrogens with one attached hydrogen (secondary N) is 1. The predicted octanol–water partition coefficient (Wildman–Crippen LogP) is 2.77. The summed E-state index contributed by atoms with van der Waals surface area (Å²) in [6.07, 6.45) is 4.71. The Kier molecular flexibility index (Phi) is 6.96. The second-order valence-corrected chi connectivity index (χ2v) is 5.03. The third-order valence-electron chi connectivity index (χ3n) is 2.26. The van der Waals surface area contributed by atoms with E-state index in [4.69, 9.17) is 0 Å². The van der Waals surface area contributed by atoms with Crippen LogP contribution in [0.4, 0.5) is 0 Å². The highest BCUT2D eigenvalue weighted by Crippen LogP contribution is 2.17. The van der Waals surface area contributed by atoms with Crippen molar-refractivity contribution in [1.82, 2.24) is 5.32 Å². The Balaban J connectivity index is 3.19. The molecule has 2 heteroatoms. The highest BCUT2D eigenvalue weighted by atomic mass is 32.2. The maximum absolute atomic E-state index is 3.50. The van der Waals surface area contributed by atoms with E-state index in [1.165, 1.54) is 25.1 Å². The second-order valence-electron chi connectivity index (χ2n) is 4.04. The molecule has 0 fully saturated rings. The van der Waals surface area contributed by atoms with Crippen LogP contribution in [0.3, 0.4) is 0 Å². The van der Waals surface area contributed by atoms with E-state index in [9.17, 15) is 0 Å². The summed E-state index contributed by atoms with van der Waals surface area (Å²) in [5.41, 5.74) is 0.472. The molecule has 12 heavy (non-hydrogen) atoms. The Hall–Kier alpha value is 0.310. The molecular formula is C10H23NS. The van der Waals surface area contributed by atoms with Crippen molar-refractivity contribution in [3.8, 4) is 0 Å². The van der Waals surface area contributed by atoms with Gasteiger partial charge in [-0.1, -0.05) is 20.8 Å². The first-order valence-corrected chi connectivity index (χ1v) is 6.21. The van der Waals surface area contributed by atoms with Crippen LogP contribution in [0, 0.1) is 5.41 Å². The molecular weight excluding hydrogens is 166 g/mol. The van der Waals surface area contributed by atoms with Gasteiger partial charge in [0.2, 0.25) is 0 Å². The Morgan fingerprint density at radius 3 is 2.50 bits per heavy atom. The Labute approximate surface area is 81.7 Å². The SMILES string of the molecule is CCC(C)(C)CNCCCSC. The van der Waals surface area contributed by atoms with Gasteiger partial charge in [-0.15, -0.1) is 0 Å². The van der Waals surface area contributed by atoms with E-state index >= 15 is 0 Å². The normalized spacial score (nSPS) is 12.0. The van der Waals surface area contributed by atoms with Gasteiger partial charge in [0.25, 0.3) is 0 Å². The van der Waals surface area contributed by atoms with Gasteiger partial charge in [0.1, 0.15) is 0 Å². The molecule has 0 amide bonds. The zero-order chi connectivity index (χ0) is 9.45. The lowest BCUT2D eigenvalue weighted by molar-refractivity contribution is 0.329. The van der Waals surface area contributed by atoms with Crippen molar-refractivity contribution in [1.29, 1.82) is 0 Å². The Morgan fingerprint density at radius 2 is 2.00 bits per heavy atom. The average molecular weight is 189 g/mol. The fourth-order valence-electron chi connectivity index (χ4n) is 0.893. The van der Waals surface area contributed by atoms with Crippen LogP contribution in [0.2, 0.25) is 0 Å². The van der Waals surface area contributed by atoms with Gasteiger partial charge in [0.15, 0.2) is 0 Å². The zero-order valence-corrected chi connectivity index (χ0v) is 9.76. The minimum atomic E-state index is 0.472. The molecule has 1 N–H and O–H groups in total. The smallest absolute Gasteiger partial charge is 0.000242 e. The highest BCUT2D eigenvalue weighted by molar-refractivity contribution is 7.98. The van der Waals surface area contributed by atoms with Crippen molar-refractivity contribution in [2.75, 3.05) is 25.1 Å². The van der Waals surface area contributed by atoms with E-state index in [0.29, 0.717) is 5.41 Å². The van der Waals surface area contributed by atoms with E-state index in [1.54, 1.807) is 0 Å². The minimum absolute atomic E-state index is 0.472. The van der Waals surface area contributed by atoms with Gasteiger partial charge in [0, 0.05) is 6.54 Å². The molecule has 0 radical (unpaired) electrons. The van der Waals surface area contributed by atoms with Crippen LogP contribution < -0.4 is 5.32 Å². The second kappa shape index (κ2) is 6.79. The molecule has 0 aliphatic heterocycles. The maximum Gasteiger partial charge on any atom is 0.000242 e. The summed E-state index contributed by atoms with van der Waals surface area (Å²) < 4.78 is 0. The molecule has 0 aromatic rings. The summed E-state index contributed by atoms with van der Waals surface area (Å²) in [6, 6.07) is 0. The monoisotopic (exact) mass is 189 g/mol. The van der Waals surface area contributed by atoms with E-state index in [-0.39, 0.29) is 0 Å². The summed E-state index contributed by atoms with van der Waals surface area (Å²) in [5.74, 6) is 1.28. The van der Waals surface area contributed by atoms with E-state index in [0.717, 1.165) is 6.54 Å². The number of thioether (sulfide) groups is 1. The van der Waals surface area contributed by atoms with Crippen molar-refractivity contribution in [2.24, 2.45) is 5.41 Å². The molecule has 0 saturated heterocycles. The van der Waals surface area contributed by atoms with Crippen LogP contribution in [0.5, 0.6) is 0 Å². The predicted molar refractivity (Wildman–Crippen MR) is 59.9 cm³/mol. The van der Waals surface area contributed by atoms with Crippen LogP contribution in [-0.2, 0) is 0 Å². The summed E-state index contributed by atoms with van der Waals surface area (Å²) in [4.78, 5) is 0. The van der Waals surface area contributed by atoms with Crippen LogP contribution in [-0.4, -0.2) is 25.1 Å². The van der Waals surface area contributed by atoms with Crippen molar-refractivity contribution in [3.05, 3.63) is 0 Å². The third-order valence-corrected chi connectivity index (χ3v) is 2.96. The number of hydrogen-bond donors (Lipinski definition) is 1. The van der Waals surface area contributed by atoms with Crippen LogP contribution in [0.15, 0.2) is 0 Å². The van der Waals surface area contributed by atoms with E-state index in [2.05, 4.69) is 32.3 Å². The van der Waals surface area contributed by atoms with Gasteiger partial charge in [0.05, 0.1) is 0 Å². The molecule has 0 spiro atoms. The maximum atomic E-state index is 3.50. The van der Waals surface area contributed by atoms with Gasteiger partial charge < -0.3 is 5.32 Å². The Morgan fingerprint density at radius 1 is 1.33 bits per heavy atom. The summed E-state index contributed by atoms with van der Waals surface area (Å²) in [5, 5.41) is 3.50. The quantitative estimate of drug-likeness (QED) is 0.618. The van der Waals surface area contributed by atoms with Crippen molar-refractivity contribution in [3.63, 3.8) is 0 Å². The molecule has 0 aromatic carbocycles. The lowest BCUT2D eigenvalue weighted by atomic mass is 9.90. The fraction of sp³-hybridized carbons (Fsp3) is 1.00.